The Hall–Kier alpha value is -2.86. The Balaban J connectivity index is 1.64. The highest BCUT2D eigenvalue weighted by Gasteiger charge is 2.21. The minimum Gasteiger partial charge on any atom is -0.428 e. The van der Waals surface area contributed by atoms with Gasteiger partial charge >= 0.3 is 0 Å². The average Bonchev–Trinajstić information content (AvgIpc) is 3.19. The van der Waals surface area contributed by atoms with Crippen LogP contribution in [0.1, 0.15) is 30.0 Å². The van der Waals surface area contributed by atoms with Crippen molar-refractivity contribution in [1.82, 2.24) is 19.9 Å². The number of aromatic amines is 1. The number of hydrogen-bond donors (Lipinski definition) is 1. The van der Waals surface area contributed by atoms with Gasteiger partial charge in [-0.1, -0.05) is 12.1 Å². The lowest BCUT2D eigenvalue weighted by molar-refractivity contribution is 0.0685. The van der Waals surface area contributed by atoms with Crippen molar-refractivity contribution in [3.63, 3.8) is 0 Å². The first-order valence-electron chi connectivity index (χ1n) is 8.32. The van der Waals surface area contributed by atoms with Gasteiger partial charge < -0.3 is 14.3 Å². The molecule has 26 heavy (non-hydrogen) atoms. The number of halogens is 1. The maximum absolute atomic E-state index is 13.0. The van der Waals surface area contributed by atoms with Crippen molar-refractivity contribution in [2.75, 3.05) is 0 Å². The molecule has 0 fully saturated rings. The van der Waals surface area contributed by atoms with E-state index in [1.54, 1.807) is 23.1 Å². The van der Waals surface area contributed by atoms with Crippen molar-refractivity contribution < 1.29 is 9.21 Å². The van der Waals surface area contributed by atoms with E-state index < -0.39 is 0 Å². The number of aromatic nitrogens is 3. The number of nitrogens with zero attached hydrogens (tertiary/aromatic N) is 3. The van der Waals surface area contributed by atoms with Gasteiger partial charge in [0.15, 0.2) is 5.58 Å². The molecule has 4 aromatic rings. The number of imidazole rings is 1. The quantitative estimate of drug-likeness (QED) is 0.579. The third-order valence-corrected chi connectivity index (χ3v) is 4.41. The molecule has 132 valence electrons. The fourth-order valence-electron chi connectivity index (χ4n) is 2.93. The predicted octanol–water partition coefficient (Wildman–Crippen LogP) is 4.41. The van der Waals surface area contributed by atoms with Crippen LogP contribution in [0.2, 0.25) is 5.35 Å². The number of hydrogen-bond acceptors (Lipinski definition) is 4. The van der Waals surface area contributed by atoms with Gasteiger partial charge in [-0.3, -0.25) is 4.79 Å². The van der Waals surface area contributed by atoms with E-state index in [2.05, 4.69) is 15.0 Å². The maximum Gasteiger partial charge on any atom is 0.293 e. The summed E-state index contributed by atoms with van der Waals surface area (Å²) in [6.07, 6.45) is 0. The van der Waals surface area contributed by atoms with Crippen LogP contribution in [0.5, 0.6) is 0 Å². The molecule has 2 aromatic heterocycles. The Kier molecular flexibility index (Phi) is 4.12. The molecule has 1 amide bonds. The lowest BCUT2D eigenvalue weighted by Gasteiger charge is -2.26. The number of H-pyrrole nitrogens is 1. The van der Waals surface area contributed by atoms with Crippen molar-refractivity contribution in [2.45, 2.75) is 26.4 Å². The SMILES string of the molecule is CC(C)N(Cc1nc2ccccc2[nH]1)C(=O)c1ccc2nc(Cl)oc2c1. The number of carbonyl (C=O) groups excluding carboxylic acids is 1. The molecule has 0 spiro atoms. The van der Waals surface area contributed by atoms with Gasteiger partial charge in [-0.2, -0.15) is 4.98 Å². The standard InChI is InChI=1S/C19H17ClN4O2/c1-11(2)24(10-17-21-13-5-3-4-6-14(13)22-17)18(25)12-7-8-15-16(9-12)26-19(20)23-15/h3-9,11H,10H2,1-2H3,(H,21,22). The Labute approximate surface area is 154 Å². The van der Waals surface area contributed by atoms with Crippen LogP contribution in [0.4, 0.5) is 0 Å². The van der Waals surface area contributed by atoms with Gasteiger partial charge in [0.05, 0.1) is 17.6 Å². The number of amides is 1. The topological polar surface area (TPSA) is 75.0 Å². The van der Waals surface area contributed by atoms with Crippen molar-refractivity contribution in [2.24, 2.45) is 0 Å². The van der Waals surface area contributed by atoms with Crippen LogP contribution in [0, 0.1) is 0 Å². The van der Waals surface area contributed by atoms with Gasteiger partial charge in [0.2, 0.25) is 0 Å². The van der Waals surface area contributed by atoms with Crippen LogP contribution in [-0.2, 0) is 6.54 Å². The van der Waals surface area contributed by atoms with E-state index in [1.807, 2.05) is 38.1 Å². The summed E-state index contributed by atoms with van der Waals surface area (Å²) in [5.41, 5.74) is 3.48. The van der Waals surface area contributed by atoms with Crippen LogP contribution in [-0.4, -0.2) is 31.8 Å². The van der Waals surface area contributed by atoms with E-state index in [0.717, 1.165) is 16.9 Å². The smallest absolute Gasteiger partial charge is 0.293 e. The van der Waals surface area contributed by atoms with Crippen LogP contribution in [0.3, 0.4) is 0 Å². The zero-order valence-electron chi connectivity index (χ0n) is 14.4. The van der Waals surface area contributed by atoms with Gasteiger partial charge in [0.1, 0.15) is 11.3 Å². The summed E-state index contributed by atoms with van der Waals surface area (Å²) >= 11 is 5.79. The zero-order chi connectivity index (χ0) is 18.3. The number of fused-ring (bicyclic) bond motifs is 2. The Morgan fingerprint density at radius 3 is 2.77 bits per heavy atom. The molecule has 2 aromatic carbocycles. The van der Waals surface area contributed by atoms with Crippen LogP contribution >= 0.6 is 11.6 Å². The molecule has 0 unspecified atom stereocenters. The number of benzene rings is 2. The largest absolute Gasteiger partial charge is 0.428 e. The van der Waals surface area contributed by atoms with Gasteiger partial charge in [-0.15, -0.1) is 0 Å². The van der Waals surface area contributed by atoms with Crippen molar-refractivity contribution in [3.8, 4) is 0 Å². The number of carbonyl (C=O) groups is 1. The lowest BCUT2D eigenvalue weighted by Crippen LogP contribution is -2.36. The number of rotatable bonds is 4. The normalized spacial score (nSPS) is 11.5. The lowest BCUT2D eigenvalue weighted by atomic mass is 10.1. The minimum absolute atomic E-state index is 0.00437. The summed E-state index contributed by atoms with van der Waals surface area (Å²) in [4.78, 5) is 26.7. The first-order chi connectivity index (χ1) is 12.5. The van der Waals surface area contributed by atoms with Crippen molar-refractivity contribution in [3.05, 3.63) is 59.2 Å². The second-order valence-corrected chi connectivity index (χ2v) is 6.70. The molecule has 2 heterocycles. The predicted molar refractivity (Wildman–Crippen MR) is 100 cm³/mol. The summed E-state index contributed by atoms with van der Waals surface area (Å²) in [6.45, 7) is 4.34. The highest BCUT2D eigenvalue weighted by Crippen LogP contribution is 2.22. The van der Waals surface area contributed by atoms with E-state index >= 15 is 0 Å². The highest BCUT2D eigenvalue weighted by molar-refractivity contribution is 6.28. The Morgan fingerprint density at radius 2 is 2.00 bits per heavy atom. The average molecular weight is 369 g/mol. The molecule has 0 saturated heterocycles. The molecular weight excluding hydrogens is 352 g/mol. The number of para-hydroxylation sites is 2. The van der Waals surface area contributed by atoms with E-state index in [0.29, 0.717) is 23.2 Å². The minimum atomic E-state index is -0.102. The van der Waals surface area contributed by atoms with Crippen LogP contribution < -0.4 is 0 Å². The molecule has 0 saturated carbocycles. The Morgan fingerprint density at radius 1 is 1.19 bits per heavy atom. The van der Waals surface area contributed by atoms with Crippen molar-refractivity contribution in [1.29, 1.82) is 0 Å². The fourth-order valence-corrected chi connectivity index (χ4v) is 3.10. The maximum atomic E-state index is 13.0. The zero-order valence-corrected chi connectivity index (χ0v) is 15.1. The first kappa shape index (κ1) is 16.6. The van der Waals surface area contributed by atoms with E-state index in [1.165, 1.54) is 0 Å². The molecule has 0 atom stereocenters. The molecule has 1 N–H and O–H groups in total. The third kappa shape index (κ3) is 3.04. The number of oxazole rings is 1. The van der Waals surface area contributed by atoms with Gasteiger partial charge in [0, 0.05) is 11.6 Å². The van der Waals surface area contributed by atoms with Crippen molar-refractivity contribution >= 4 is 39.6 Å². The molecule has 0 radical (unpaired) electrons. The van der Waals surface area contributed by atoms with Crippen LogP contribution in [0.15, 0.2) is 46.9 Å². The Bertz CT molecular complexity index is 1070. The summed E-state index contributed by atoms with van der Waals surface area (Å²) in [6, 6.07) is 12.9. The second kappa shape index (κ2) is 6.46. The van der Waals surface area contributed by atoms with Gasteiger partial charge in [-0.05, 0) is 55.8 Å². The summed E-state index contributed by atoms with van der Waals surface area (Å²) in [5, 5.41) is 0.0626. The molecule has 0 aliphatic heterocycles. The summed E-state index contributed by atoms with van der Waals surface area (Å²) in [7, 11) is 0. The molecule has 6 nitrogen and oxygen atoms in total. The third-order valence-electron chi connectivity index (χ3n) is 4.25. The highest BCUT2D eigenvalue weighted by atomic mass is 35.5. The molecular formula is C19H17ClN4O2. The second-order valence-electron chi connectivity index (χ2n) is 6.38. The van der Waals surface area contributed by atoms with E-state index in [9.17, 15) is 4.79 Å². The summed E-state index contributed by atoms with van der Waals surface area (Å²) < 4.78 is 5.32. The van der Waals surface area contributed by atoms with Crippen LogP contribution in [0.25, 0.3) is 22.1 Å². The summed E-state index contributed by atoms with van der Waals surface area (Å²) in [5.74, 6) is 0.645. The monoisotopic (exact) mass is 368 g/mol. The first-order valence-corrected chi connectivity index (χ1v) is 8.70. The van der Waals surface area contributed by atoms with Gasteiger partial charge in [-0.25, -0.2) is 4.98 Å². The molecule has 7 heteroatoms. The van der Waals surface area contributed by atoms with E-state index in [4.69, 9.17) is 16.0 Å². The molecule has 0 aliphatic rings. The van der Waals surface area contributed by atoms with Gasteiger partial charge in [0.25, 0.3) is 11.3 Å². The molecule has 4 rings (SSSR count). The molecule has 0 aliphatic carbocycles. The fraction of sp³-hybridized carbons (Fsp3) is 0.211. The molecule has 0 bridgehead atoms. The number of nitrogens with one attached hydrogen (secondary N) is 1. The van der Waals surface area contributed by atoms with E-state index in [-0.39, 0.29) is 17.3 Å².